The number of amides is 2. The van der Waals surface area contributed by atoms with Crippen molar-refractivity contribution in [2.45, 2.75) is 31.9 Å². The molecule has 1 saturated heterocycles. The van der Waals surface area contributed by atoms with Crippen LogP contribution in [0.25, 0.3) is 0 Å². The van der Waals surface area contributed by atoms with Gasteiger partial charge in [-0.25, -0.2) is 4.99 Å². The number of hydrogen-bond acceptors (Lipinski definition) is 5. The van der Waals surface area contributed by atoms with Gasteiger partial charge in [0.15, 0.2) is 5.17 Å². The Morgan fingerprint density at radius 2 is 1.97 bits per heavy atom. The molecule has 1 N–H and O–H groups in total. The molecule has 0 spiro atoms. The summed E-state index contributed by atoms with van der Waals surface area (Å²) in [6.07, 6.45) is 0.809. The lowest BCUT2D eigenvalue weighted by atomic mass is 10.1. The van der Waals surface area contributed by atoms with E-state index < -0.39 is 5.25 Å². The molecule has 0 radical (unpaired) electrons. The van der Waals surface area contributed by atoms with E-state index in [0.29, 0.717) is 24.7 Å². The molecule has 30 heavy (non-hydrogen) atoms. The van der Waals surface area contributed by atoms with Crippen LogP contribution in [0.3, 0.4) is 0 Å². The summed E-state index contributed by atoms with van der Waals surface area (Å²) in [7, 11) is 1.64. The highest BCUT2D eigenvalue weighted by Crippen LogP contribution is 2.32. The molecule has 1 atom stereocenters. The van der Waals surface area contributed by atoms with E-state index in [1.165, 1.54) is 11.8 Å². The van der Waals surface area contributed by atoms with Crippen LogP contribution >= 0.6 is 11.8 Å². The third kappa shape index (κ3) is 5.70. The highest BCUT2D eigenvalue weighted by Gasteiger charge is 2.38. The van der Waals surface area contributed by atoms with Gasteiger partial charge in [0.25, 0.3) is 0 Å². The van der Waals surface area contributed by atoms with Gasteiger partial charge in [-0.3, -0.25) is 14.5 Å². The third-order valence-electron chi connectivity index (χ3n) is 4.76. The van der Waals surface area contributed by atoms with Crippen molar-refractivity contribution in [3.63, 3.8) is 0 Å². The van der Waals surface area contributed by atoms with Crippen molar-refractivity contribution in [1.29, 1.82) is 0 Å². The van der Waals surface area contributed by atoms with Crippen LogP contribution in [-0.2, 0) is 14.3 Å². The van der Waals surface area contributed by atoms with Gasteiger partial charge in [-0.05, 0) is 44.0 Å². The summed E-state index contributed by atoms with van der Waals surface area (Å²) in [6, 6.07) is 15.4. The highest BCUT2D eigenvalue weighted by atomic mass is 32.2. The Morgan fingerprint density at radius 1 is 1.20 bits per heavy atom. The van der Waals surface area contributed by atoms with Gasteiger partial charge in [0.2, 0.25) is 11.8 Å². The molecule has 2 amide bonds. The predicted octanol–water partition coefficient (Wildman–Crippen LogP) is 4.30. The molecule has 1 aliphatic heterocycles. The fraction of sp³-hybridized carbons (Fsp3) is 0.348. The van der Waals surface area contributed by atoms with Crippen LogP contribution < -0.4 is 5.32 Å². The van der Waals surface area contributed by atoms with Gasteiger partial charge in [-0.15, -0.1) is 0 Å². The minimum absolute atomic E-state index is 0.0819. The number of aliphatic imine (C=N–C) groups is 1. The van der Waals surface area contributed by atoms with Crippen molar-refractivity contribution in [1.82, 2.24) is 4.90 Å². The number of ether oxygens (including phenoxy) is 1. The number of aryl methyl sites for hydroxylation is 2. The lowest BCUT2D eigenvalue weighted by molar-refractivity contribution is -0.128. The second kappa shape index (κ2) is 10.4. The Balaban J connectivity index is 1.72. The molecule has 1 heterocycles. The SMILES string of the molecule is COCCCN1C(=O)[C@@H](CC(=O)Nc2ccc(C)cc2C)SC1=Nc1ccccc1. The summed E-state index contributed by atoms with van der Waals surface area (Å²) in [4.78, 5) is 31.9. The largest absolute Gasteiger partial charge is 0.385 e. The molecule has 7 heteroatoms. The molecule has 0 aromatic heterocycles. The van der Waals surface area contributed by atoms with Crippen LogP contribution in [0.1, 0.15) is 24.0 Å². The van der Waals surface area contributed by atoms with E-state index in [1.807, 2.05) is 62.4 Å². The van der Waals surface area contributed by atoms with E-state index in [1.54, 1.807) is 12.0 Å². The lowest BCUT2D eigenvalue weighted by Crippen LogP contribution is -2.34. The highest BCUT2D eigenvalue weighted by molar-refractivity contribution is 8.15. The topological polar surface area (TPSA) is 71.0 Å². The van der Waals surface area contributed by atoms with Gasteiger partial charge < -0.3 is 10.1 Å². The van der Waals surface area contributed by atoms with Crippen molar-refractivity contribution < 1.29 is 14.3 Å². The minimum atomic E-state index is -0.485. The number of carbonyl (C=O) groups is 2. The Labute approximate surface area is 181 Å². The third-order valence-corrected chi connectivity index (χ3v) is 5.93. The summed E-state index contributed by atoms with van der Waals surface area (Å²) in [5.74, 6) is -0.257. The maximum Gasteiger partial charge on any atom is 0.242 e. The molecule has 1 fully saturated rings. The summed E-state index contributed by atoms with van der Waals surface area (Å²) in [6.45, 7) is 5.05. The summed E-state index contributed by atoms with van der Waals surface area (Å²) >= 11 is 1.35. The molecule has 6 nitrogen and oxygen atoms in total. The lowest BCUT2D eigenvalue weighted by Gasteiger charge is -2.16. The molecule has 158 valence electrons. The molecular formula is C23H27N3O3S. The first-order valence-corrected chi connectivity index (χ1v) is 10.8. The van der Waals surface area contributed by atoms with E-state index in [0.717, 1.165) is 22.5 Å². The second-order valence-corrected chi connectivity index (χ2v) is 8.41. The van der Waals surface area contributed by atoms with Gasteiger partial charge in [0.1, 0.15) is 5.25 Å². The number of nitrogens with zero attached hydrogens (tertiary/aromatic N) is 2. The summed E-state index contributed by atoms with van der Waals surface area (Å²) in [5, 5.41) is 3.08. The molecule has 0 unspecified atom stereocenters. The average molecular weight is 426 g/mol. The van der Waals surface area contributed by atoms with Crippen molar-refractivity contribution >= 4 is 40.1 Å². The van der Waals surface area contributed by atoms with Crippen LogP contribution in [0.4, 0.5) is 11.4 Å². The molecule has 0 saturated carbocycles. The summed E-state index contributed by atoms with van der Waals surface area (Å²) < 4.78 is 5.12. The Morgan fingerprint density at radius 3 is 2.67 bits per heavy atom. The fourth-order valence-corrected chi connectivity index (χ4v) is 4.42. The number of amidine groups is 1. The van der Waals surface area contributed by atoms with E-state index in [9.17, 15) is 9.59 Å². The maximum absolute atomic E-state index is 13.0. The van der Waals surface area contributed by atoms with Crippen molar-refractivity contribution in [3.05, 3.63) is 59.7 Å². The van der Waals surface area contributed by atoms with Crippen LogP contribution in [0, 0.1) is 13.8 Å². The first kappa shape index (κ1) is 22.1. The average Bonchev–Trinajstić information content (AvgIpc) is 3.00. The first-order valence-electron chi connectivity index (χ1n) is 9.95. The van der Waals surface area contributed by atoms with E-state index in [-0.39, 0.29) is 18.2 Å². The Kier molecular flexibility index (Phi) is 7.65. The predicted molar refractivity (Wildman–Crippen MR) is 122 cm³/mol. The Hall–Kier alpha value is -2.64. The zero-order valence-electron chi connectivity index (χ0n) is 17.6. The van der Waals surface area contributed by atoms with Gasteiger partial charge in [0.05, 0.1) is 5.69 Å². The molecule has 2 aromatic rings. The van der Waals surface area contributed by atoms with E-state index in [4.69, 9.17) is 4.74 Å². The number of rotatable bonds is 8. The molecule has 1 aliphatic rings. The van der Waals surface area contributed by atoms with Crippen LogP contribution in [0.2, 0.25) is 0 Å². The Bertz CT molecular complexity index is 931. The summed E-state index contributed by atoms with van der Waals surface area (Å²) in [5.41, 5.74) is 3.70. The molecule has 0 aliphatic carbocycles. The van der Waals surface area contributed by atoms with Crippen LogP contribution in [0.15, 0.2) is 53.5 Å². The number of anilines is 1. The first-order chi connectivity index (χ1) is 14.5. The number of hydrogen-bond donors (Lipinski definition) is 1. The number of thioether (sulfide) groups is 1. The molecule has 2 aromatic carbocycles. The van der Waals surface area contributed by atoms with Gasteiger partial charge in [-0.2, -0.15) is 0 Å². The second-order valence-electron chi connectivity index (χ2n) is 7.24. The normalized spacial score (nSPS) is 17.6. The van der Waals surface area contributed by atoms with E-state index in [2.05, 4.69) is 10.3 Å². The van der Waals surface area contributed by atoms with Gasteiger partial charge in [0, 0.05) is 32.4 Å². The van der Waals surface area contributed by atoms with Crippen LogP contribution in [0.5, 0.6) is 0 Å². The maximum atomic E-state index is 13.0. The van der Waals surface area contributed by atoms with Crippen molar-refractivity contribution in [3.8, 4) is 0 Å². The number of carbonyl (C=O) groups excluding carboxylic acids is 2. The smallest absolute Gasteiger partial charge is 0.242 e. The molecular weight excluding hydrogens is 398 g/mol. The number of methoxy groups -OCH3 is 1. The van der Waals surface area contributed by atoms with Gasteiger partial charge in [-0.1, -0.05) is 47.7 Å². The standard InChI is InChI=1S/C23H27N3O3S/c1-16-10-11-19(17(2)14-16)25-21(27)15-20-22(28)26(12-7-13-29-3)23(30-20)24-18-8-5-4-6-9-18/h4-6,8-11,14,20H,7,12-13,15H2,1-3H3,(H,25,27)/t20-/m1/s1. The zero-order chi connectivity index (χ0) is 21.5. The van der Waals surface area contributed by atoms with Crippen molar-refractivity contribution in [2.24, 2.45) is 4.99 Å². The van der Waals surface area contributed by atoms with Crippen molar-refractivity contribution in [2.75, 3.05) is 25.6 Å². The van der Waals surface area contributed by atoms with E-state index >= 15 is 0 Å². The number of nitrogens with one attached hydrogen (secondary N) is 1. The monoisotopic (exact) mass is 425 g/mol. The fourth-order valence-electron chi connectivity index (χ4n) is 3.23. The number of para-hydroxylation sites is 1. The quantitative estimate of drug-likeness (QED) is 0.640. The molecule has 0 bridgehead atoms. The zero-order valence-corrected chi connectivity index (χ0v) is 18.4. The van der Waals surface area contributed by atoms with Crippen LogP contribution in [-0.4, -0.2) is 47.4 Å². The molecule has 3 rings (SSSR count). The minimum Gasteiger partial charge on any atom is -0.385 e. The number of benzene rings is 2. The van der Waals surface area contributed by atoms with Gasteiger partial charge >= 0.3 is 0 Å².